The van der Waals surface area contributed by atoms with Crippen LogP contribution >= 0.6 is 34.8 Å². The number of amides is 1. The fourth-order valence-electron chi connectivity index (χ4n) is 6.75. The highest BCUT2D eigenvalue weighted by molar-refractivity contribution is 6.38. The molecule has 7 nitrogen and oxygen atoms in total. The number of aryl methyl sites for hydroxylation is 1. The van der Waals surface area contributed by atoms with Crippen LogP contribution in [0.5, 0.6) is 0 Å². The van der Waals surface area contributed by atoms with E-state index in [2.05, 4.69) is 11.6 Å². The third-order valence-electron chi connectivity index (χ3n) is 8.83. The molecular weight excluding hydrogens is 643 g/mol. The molecule has 2 aliphatic rings. The van der Waals surface area contributed by atoms with Crippen LogP contribution < -0.4 is 16.2 Å². The van der Waals surface area contributed by atoms with Gasteiger partial charge in [0.15, 0.2) is 11.6 Å². The van der Waals surface area contributed by atoms with E-state index in [0.29, 0.717) is 53.1 Å². The summed E-state index contributed by atoms with van der Waals surface area (Å²) in [4.78, 5) is 35.7. The second kappa shape index (κ2) is 11.3. The van der Waals surface area contributed by atoms with E-state index in [4.69, 9.17) is 40.5 Å². The van der Waals surface area contributed by atoms with Crippen LogP contribution in [0.25, 0.3) is 27.7 Å². The average Bonchev–Trinajstić information content (AvgIpc) is 3.36. The summed E-state index contributed by atoms with van der Waals surface area (Å²) >= 11 is 19.2. The Hall–Kier alpha value is -3.66. The summed E-state index contributed by atoms with van der Waals surface area (Å²) in [5.41, 5.74) is 7.33. The monoisotopic (exact) mass is 671 g/mol. The molecule has 2 aliphatic heterocycles. The molecule has 45 heavy (non-hydrogen) atoms. The number of hydrogen-bond acceptors (Lipinski definition) is 5. The lowest BCUT2D eigenvalue weighted by atomic mass is 9.97. The maximum absolute atomic E-state index is 17.4. The second-order valence-electron chi connectivity index (χ2n) is 11.9. The van der Waals surface area contributed by atoms with Gasteiger partial charge in [0.25, 0.3) is 5.56 Å². The Morgan fingerprint density at radius 2 is 1.80 bits per heavy atom. The van der Waals surface area contributed by atoms with Gasteiger partial charge in [-0.05, 0) is 49.6 Å². The number of fused-ring (bicyclic) bond motifs is 5. The maximum Gasteiger partial charge on any atom is 0.261 e. The fraction of sp³-hybridized carbons (Fsp3) is 0.303. The molecule has 1 amide bonds. The van der Waals surface area contributed by atoms with Crippen LogP contribution in [0, 0.1) is 18.6 Å². The number of aromatic nitrogens is 2. The van der Waals surface area contributed by atoms with Gasteiger partial charge in [-0.3, -0.25) is 19.1 Å². The first-order valence-electron chi connectivity index (χ1n) is 14.5. The summed E-state index contributed by atoms with van der Waals surface area (Å²) in [6, 6.07) is 3.96. The van der Waals surface area contributed by atoms with Crippen molar-refractivity contribution >= 4 is 63.0 Å². The van der Waals surface area contributed by atoms with Gasteiger partial charge < -0.3 is 15.5 Å². The van der Waals surface area contributed by atoms with Crippen LogP contribution in [0.2, 0.25) is 15.1 Å². The zero-order chi connectivity index (χ0) is 32.6. The average molecular weight is 673 g/mol. The summed E-state index contributed by atoms with van der Waals surface area (Å²) in [6.45, 7) is 12.0. The van der Waals surface area contributed by atoms with E-state index in [9.17, 15) is 9.59 Å². The van der Waals surface area contributed by atoms with Crippen molar-refractivity contribution in [3.05, 3.63) is 90.9 Å². The zero-order valence-electron chi connectivity index (χ0n) is 25.0. The van der Waals surface area contributed by atoms with Crippen LogP contribution in [0.3, 0.4) is 0 Å². The topological polar surface area (TPSA) is 84.5 Å². The third kappa shape index (κ3) is 4.70. The van der Waals surface area contributed by atoms with Gasteiger partial charge in [-0.2, -0.15) is 0 Å². The van der Waals surface area contributed by atoms with E-state index >= 15 is 8.78 Å². The molecule has 1 saturated heterocycles. The maximum atomic E-state index is 17.4. The minimum absolute atomic E-state index is 0.0766. The first-order chi connectivity index (χ1) is 21.3. The quantitative estimate of drug-likeness (QED) is 0.138. The highest BCUT2D eigenvalue weighted by Crippen LogP contribution is 2.48. The van der Waals surface area contributed by atoms with Crippen molar-refractivity contribution in [2.24, 2.45) is 0 Å². The molecule has 0 spiro atoms. The third-order valence-corrected chi connectivity index (χ3v) is 9.71. The number of carbonyl (C=O) groups is 1. The predicted molar refractivity (Wildman–Crippen MR) is 177 cm³/mol. The summed E-state index contributed by atoms with van der Waals surface area (Å²) < 4.78 is 34.3. The van der Waals surface area contributed by atoms with E-state index in [0.717, 1.165) is 6.07 Å². The molecular formula is C33H30Cl3F2N5O2. The van der Waals surface area contributed by atoms with Crippen molar-refractivity contribution in [1.29, 1.82) is 0 Å². The number of anilines is 2. The number of benzene rings is 2. The van der Waals surface area contributed by atoms with Gasteiger partial charge in [0.05, 0.1) is 49.4 Å². The van der Waals surface area contributed by atoms with Crippen molar-refractivity contribution in [2.45, 2.75) is 52.1 Å². The van der Waals surface area contributed by atoms with Crippen molar-refractivity contribution in [3.8, 4) is 16.8 Å². The molecule has 6 rings (SSSR count). The van der Waals surface area contributed by atoms with E-state index in [1.165, 1.54) is 16.7 Å². The normalized spacial score (nSPS) is 17.6. The van der Waals surface area contributed by atoms with Gasteiger partial charge in [-0.15, -0.1) is 0 Å². The molecule has 2 aromatic carbocycles. The lowest BCUT2D eigenvalue weighted by molar-refractivity contribution is -0.128. The van der Waals surface area contributed by atoms with E-state index in [-0.39, 0.29) is 55.7 Å². The lowest BCUT2D eigenvalue weighted by Crippen LogP contribution is -2.57. The molecule has 2 aromatic heterocycles. The van der Waals surface area contributed by atoms with Gasteiger partial charge in [0, 0.05) is 53.8 Å². The number of nitrogen functional groups attached to an aromatic ring is 1. The van der Waals surface area contributed by atoms with Crippen molar-refractivity contribution in [2.75, 3.05) is 23.7 Å². The Morgan fingerprint density at radius 1 is 1.09 bits per heavy atom. The first-order valence-corrected chi connectivity index (χ1v) is 15.6. The molecule has 0 radical (unpaired) electrons. The van der Waals surface area contributed by atoms with Crippen LogP contribution in [0.1, 0.15) is 43.5 Å². The Balaban J connectivity index is 1.76. The first kappa shape index (κ1) is 31.3. The van der Waals surface area contributed by atoms with Crippen molar-refractivity contribution in [1.82, 2.24) is 14.5 Å². The second-order valence-corrected chi connectivity index (χ2v) is 13.1. The number of rotatable bonds is 4. The molecule has 12 heteroatoms. The number of halogens is 5. The number of pyridine rings is 2. The molecule has 0 aliphatic carbocycles. The van der Waals surface area contributed by atoms with Crippen LogP contribution in [-0.2, 0) is 11.2 Å². The van der Waals surface area contributed by atoms with E-state index < -0.39 is 22.8 Å². The number of carbonyl (C=O) groups excluding carboxylic acids is 1. The molecule has 2 atom stereocenters. The van der Waals surface area contributed by atoms with Crippen molar-refractivity contribution in [3.63, 3.8) is 0 Å². The van der Waals surface area contributed by atoms with Gasteiger partial charge in [-0.25, -0.2) is 8.78 Å². The van der Waals surface area contributed by atoms with Gasteiger partial charge in [0.2, 0.25) is 5.91 Å². The van der Waals surface area contributed by atoms with Crippen LogP contribution in [-0.4, -0.2) is 45.5 Å². The molecule has 4 heterocycles. The van der Waals surface area contributed by atoms with Gasteiger partial charge >= 0.3 is 0 Å². The number of hydrogen-bond donors (Lipinski definition) is 1. The molecule has 0 bridgehead atoms. The standard InChI is InChI=1S/C33H30Cl3F2N5O2/c1-6-23(44)41-13-17-9-19-31(42(17)12-16(41)5)18-10-20(34)24(25-26(37)21(35)11-22(36)28(25)39)27(38)32(18)43(33(19)45)30-15(4)7-8-40-29(30)14(2)3/h6-8,10-11,14,16-17H,1,9,12-13,39H2,2-5H3. The summed E-state index contributed by atoms with van der Waals surface area (Å²) in [5.74, 6) is -2.29. The molecule has 2 unspecified atom stereocenters. The fourth-order valence-corrected chi connectivity index (χ4v) is 7.50. The minimum Gasteiger partial charge on any atom is -0.397 e. The molecule has 4 aromatic rings. The van der Waals surface area contributed by atoms with Gasteiger partial charge in [-0.1, -0.05) is 55.2 Å². The lowest BCUT2D eigenvalue weighted by Gasteiger charge is -2.43. The Kier molecular flexibility index (Phi) is 7.86. The highest BCUT2D eigenvalue weighted by atomic mass is 35.5. The number of nitrogens with zero attached hydrogens (tertiary/aromatic N) is 4. The van der Waals surface area contributed by atoms with E-state index in [1.54, 1.807) is 17.2 Å². The summed E-state index contributed by atoms with van der Waals surface area (Å²) in [5, 5.41) is -0.216. The van der Waals surface area contributed by atoms with Crippen LogP contribution in [0.15, 0.2) is 41.8 Å². The molecule has 0 saturated carbocycles. The summed E-state index contributed by atoms with van der Waals surface area (Å²) in [6.07, 6.45) is 3.24. The Labute approximate surface area is 273 Å². The Bertz CT molecular complexity index is 1990. The molecule has 1 fully saturated rings. The molecule has 234 valence electrons. The SMILES string of the molecule is C=CC(=O)N1CC2Cc3c(c4cc(Cl)c(-c5c(N)c(Cl)cc(Cl)c5F)c(F)c4n(-c4c(C)ccnc4C(C)C)c3=O)N2CC1C. The minimum atomic E-state index is -0.994. The number of piperazine rings is 1. The zero-order valence-corrected chi connectivity index (χ0v) is 27.3. The van der Waals surface area contributed by atoms with E-state index in [1.807, 2.05) is 32.6 Å². The highest BCUT2D eigenvalue weighted by Gasteiger charge is 2.42. The van der Waals surface area contributed by atoms with Crippen molar-refractivity contribution < 1.29 is 13.6 Å². The summed E-state index contributed by atoms with van der Waals surface area (Å²) in [7, 11) is 0. The number of nitrogens with two attached hydrogens (primary N) is 1. The molecule has 2 N–H and O–H groups in total. The van der Waals surface area contributed by atoms with Gasteiger partial charge in [0.1, 0.15) is 0 Å². The predicted octanol–water partition coefficient (Wildman–Crippen LogP) is 7.45. The largest absolute Gasteiger partial charge is 0.397 e. The Morgan fingerprint density at radius 3 is 2.47 bits per heavy atom. The smallest absolute Gasteiger partial charge is 0.261 e. The van der Waals surface area contributed by atoms with Crippen LogP contribution in [0.4, 0.5) is 20.2 Å².